The summed E-state index contributed by atoms with van der Waals surface area (Å²) in [6, 6.07) is 0. The summed E-state index contributed by atoms with van der Waals surface area (Å²) in [7, 11) is 0. The summed E-state index contributed by atoms with van der Waals surface area (Å²) in [6.07, 6.45) is 2.47. The molecule has 0 aromatic rings. The van der Waals surface area contributed by atoms with E-state index in [2.05, 4.69) is 30.2 Å². The summed E-state index contributed by atoms with van der Waals surface area (Å²) in [5, 5.41) is 6.98. The molecule has 2 fully saturated rings. The van der Waals surface area contributed by atoms with E-state index in [9.17, 15) is 0 Å². The molecule has 2 N–H and O–H groups in total. The van der Waals surface area contributed by atoms with Gasteiger partial charge in [-0.15, -0.1) is 0 Å². The fraction of sp³-hybridized carbons (Fsp3) is 1.00. The van der Waals surface area contributed by atoms with E-state index in [1.807, 2.05) is 0 Å². The second-order valence-corrected chi connectivity index (χ2v) is 5.31. The fourth-order valence-corrected chi connectivity index (χ4v) is 2.66. The molecule has 3 heteroatoms. The van der Waals surface area contributed by atoms with Crippen molar-refractivity contribution >= 4 is 12.6 Å². The summed E-state index contributed by atoms with van der Waals surface area (Å²) in [4.78, 5) is 0. The Morgan fingerprint density at radius 1 is 1.36 bits per heavy atom. The van der Waals surface area contributed by atoms with E-state index in [1.165, 1.54) is 12.8 Å². The van der Waals surface area contributed by atoms with Gasteiger partial charge in [0, 0.05) is 23.4 Å². The van der Waals surface area contributed by atoms with Crippen LogP contribution in [0.3, 0.4) is 0 Å². The Balaban J connectivity index is 2.07. The minimum atomic E-state index is 0.214. The predicted molar refractivity (Wildman–Crippen MR) is 50.2 cm³/mol. The molecule has 64 valence electrons. The molecule has 0 radical (unpaired) electrons. The van der Waals surface area contributed by atoms with Crippen molar-refractivity contribution in [1.82, 2.24) is 10.6 Å². The van der Waals surface area contributed by atoms with E-state index < -0.39 is 0 Å². The van der Waals surface area contributed by atoms with Crippen LogP contribution in [0.25, 0.3) is 0 Å². The van der Waals surface area contributed by atoms with Crippen molar-refractivity contribution in [3.05, 3.63) is 0 Å². The molecule has 2 rings (SSSR count). The van der Waals surface area contributed by atoms with Gasteiger partial charge in [0.25, 0.3) is 0 Å². The fourth-order valence-electron chi connectivity index (χ4n) is 2.28. The number of hydrogen-bond acceptors (Lipinski definition) is 3. The molecule has 2 unspecified atom stereocenters. The average molecular weight is 172 g/mol. The maximum absolute atomic E-state index is 4.61. The van der Waals surface area contributed by atoms with Crippen molar-refractivity contribution < 1.29 is 0 Å². The van der Waals surface area contributed by atoms with Crippen LogP contribution in [-0.2, 0) is 0 Å². The second-order valence-electron chi connectivity index (χ2n) is 4.23. The van der Waals surface area contributed by atoms with Crippen molar-refractivity contribution in [2.45, 2.75) is 30.1 Å². The van der Waals surface area contributed by atoms with E-state index in [0.29, 0.717) is 5.54 Å². The van der Waals surface area contributed by atoms with Crippen molar-refractivity contribution in [2.24, 2.45) is 0 Å². The molecule has 11 heavy (non-hydrogen) atoms. The molecule has 0 aromatic heterocycles. The quantitative estimate of drug-likeness (QED) is 0.461. The Labute approximate surface area is 73.5 Å². The first-order valence-corrected chi connectivity index (χ1v) is 4.75. The van der Waals surface area contributed by atoms with Crippen LogP contribution in [0, 0.1) is 0 Å². The van der Waals surface area contributed by atoms with Gasteiger partial charge in [-0.2, -0.15) is 12.6 Å². The molecule has 0 amide bonds. The monoisotopic (exact) mass is 172 g/mol. The molecule has 0 aromatic carbocycles. The smallest absolute Gasteiger partial charge is 0.0332 e. The van der Waals surface area contributed by atoms with Gasteiger partial charge in [-0.3, -0.25) is 0 Å². The first-order chi connectivity index (χ1) is 5.12. The van der Waals surface area contributed by atoms with Crippen LogP contribution < -0.4 is 10.6 Å². The first-order valence-electron chi connectivity index (χ1n) is 4.30. The molecule has 0 aliphatic carbocycles. The number of hydrogen-bond donors (Lipinski definition) is 3. The zero-order valence-electron chi connectivity index (χ0n) is 6.98. The Bertz CT molecular complexity index is 161. The Morgan fingerprint density at radius 2 is 2.18 bits per heavy atom. The average Bonchev–Trinajstić information content (AvgIpc) is 2.43. The summed E-state index contributed by atoms with van der Waals surface area (Å²) >= 11 is 4.61. The highest BCUT2D eigenvalue weighted by molar-refractivity contribution is 7.81. The molecule has 2 saturated heterocycles. The van der Waals surface area contributed by atoms with Gasteiger partial charge in [0.2, 0.25) is 0 Å². The third-order valence-corrected chi connectivity index (χ3v) is 3.12. The zero-order chi connectivity index (χ0) is 7.95. The summed E-state index contributed by atoms with van der Waals surface area (Å²) in [6.45, 7) is 5.56. The van der Waals surface area contributed by atoms with Crippen molar-refractivity contribution in [3.8, 4) is 0 Å². The Kier molecular flexibility index (Phi) is 1.71. The van der Waals surface area contributed by atoms with E-state index in [0.717, 1.165) is 19.6 Å². The van der Waals surface area contributed by atoms with Crippen molar-refractivity contribution in [3.63, 3.8) is 0 Å². The minimum Gasteiger partial charge on any atom is -0.315 e. The van der Waals surface area contributed by atoms with Gasteiger partial charge in [-0.05, 0) is 26.3 Å². The highest BCUT2D eigenvalue weighted by Crippen LogP contribution is 2.35. The van der Waals surface area contributed by atoms with E-state index in [-0.39, 0.29) is 4.75 Å². The summed E-state index contributed by atoms with van der Waals surface area (Å²) < 4.78 is 0.214. The largest absolute Gasteiger partial charge is 0.315 e. The molecular weight excluding hydrogens is 156 g/mol. The highest BCUT2D eigenvalue weighted by Gasteiger charge is 2.44. The molecule has 0 saturated carbocycles. The predicted octanol–water partition coefficient (Wildman–Crippen LogP) is 0.400. The lowest BCUT2D eigenvalue weighted by Gasteiger charge is -2.23. The third kappa shape index (κ3) is 1.42. The van der Waals surface area contributed by atoms with Crippen molar-refractivity contribution in [1.29, 1.82) is 0 Å². The molecule has 2 nitrogen and oxygen atoms in total. The Hall–Kier alpha value is 0.270. The van der Waals surface area contributed by atoms with Gasteiger partial charge in [0.15, 0.2) is 0 Å². The second kappa shape index (κ2) is 2.38. The van der Waals surface area contributed by atoms with Gasteiger partial charge in [-0.1, -0.05) is 0 Å². The van der Waals surface area contributed by atoms with Crippen LogP contribution in [0.5, 0.6) is 0 Å². The molecule has 1 spiro atoms. The van der Waals surface area contributed by atoms with Crippen LogP contribution in [-0.4, -0.2) is 29.9 Å². The molecule has 2 aliphatic heterocycles. The maximum Gasteiger partial charge on any atom is 0.0332 e. The highest BCUT2D eigenvalue weighted by atomic mass is 32.1. The normalized spacial score (nSPS) is 50.7. The third-order valence-electron chi connectivity index (χ3n) is 2.81. The van der Waals surface area contributed by atoms with Crippen LogP contribution in [0.2, 0.25) is 0 Å². The lowest BCUT2D eigenvalue weighted by molar-refractivity contribution is 0.409. The van der Waals surface area contributed by atoms with Crippen LogP contribution in [0.15, 0.2) is 0 Å². The summed E-state index contributed by atoms with van der Waals surface area (Å²) in [5.41, 5.74) is 0.385. The molecule has 2 aliphatic rings. The molecule has 0 bridgehead atoms. The van der Waals surface area contributed by atoms with Gasteiger partial charge in [0.05, 0.1) is 0 Å². The topological polar surface area (TPSA) is 24.1 Å². The minimum absolute atomic E-state index is 0.214. The van der Waals surface area contributed by atoms with Crippen LogP contribution >= 0.6 is 12.6 Å². The van der Waals surface area contributed by atoms with Crippen LogP contribution in [0.4, 0.5) is 0 Å². The standard InChI is InChI=1S/C8H16N2S/c1-7(11)4-8(10-5-7)2-3-9-6-8/h9-11H,2-6H2,1H3. The molecule has 2 atom stereocenters. The van der Waals surface area contributed by atoms with Crippen LogP contribution in [0.1, 0.15) is 19.8 Å². The van der Waals surface area contributed by atoms with Gasteiger partial charge in [-0.25, -0.2) is 0 Å². The van der Waals surface area contributed by atoms with Gasteiger partial charge in [0.1, 0.15) is 0 Å². The van der Waals surface area contributed by atoms with Crippen molar-refractivity contribution in [2.75, 3.05) is 19.6 Å². The first kappa shape index (κ1) is 7.90. The lowest BCUT2D eigenvalue weighted by atomic mass is 9.92. The van der Waals surface area contributed by atoms with E-state index >= 15 is 0 Å². The molecule has 2 heterocycles. The SMILES string of the molecule is CC1(S)CNC2(CCNC2)C1. The lowest BCUT2D eigenvalue weighted by Crippen LogP contribution is -2.41. The molecular formula is C8H16N2S. The van der Waals surface area contributed by atoms with E-state index in [4.69, 9.17) is 0 Å². The zero-order valence-corrected chi connectivity index (χ0v) is 7.88. The number of thiol groups is 1. The van der Waals surface area contributed by atoms with E-state index in [1.54, 1.807) is 0 Å². The van der Waals surface area contributed by atoms with Gasteiger partial charge >= 0.3 is 0 Å². The van der Waals surface area contributed by atoms with Gasteiger partial charge < -0.3 is 10.6 Å². The maximum atomic E-state index is 4.61. The number of rotatable bonds is 0. The number of nitrogens with one attached hydrogen (secondary N) is 2. The Morgan fingerprint density at radius 3 is 2.64 bits per heavy atom. The summed E-state index contributed by atoms with van der Waals surface area (Å²) in [5.74, 6) is 0.